The molecule has 21 heavy (non-hydrogen) atoms. The maximum atomic E-state index is 12.1. The number of methoxy groups -OCH3 is 1. The molecule has 0 radical (unpaired) electrons. The number of aliphatic hydroxyl groups excluding tert-OH is 2. The SMILES string of the molecule is CO[C@@H]1[C@H](O)[C@@H](CO)O[C@H]1n1cc2cc(C)oc2nc1=O. The lowest BCUT2D eigenvalue weighted by molar-refractivity contribution is -0.0622. The summed E-state index contributed by atoms with van der Waals surface area (Å²) in [5.74, 6) is 0.638. The average molecular weight is 296 g/mol. The molecule has 1 aliphatic heterocycles. The lowest BCUT2D eigenvalue weighted by atomic mass is 10.1. The molecule has 2 aromatic heterocycles. The number of aromatic nitrogens is 2. The third kappa shape index (κ3) is 2.26. The highest BCUT2D eigenvalue weighted by Crippen LogP contribution is 2.30. The van der Waals surface area contributed by atoms with Gasteiger partial charge in [0.2, 0.25) is 5.71 Å². The fraction of sp³-hybridized carbons (Fsp3) is 0.538. The highest BCUT2D eigenvalue weighted by molar-refractivity contribution is 5.72. The fourth-order valence-electron chi connectivity index (χ4n) is 2.58. The lowest BCUT2D eigenvalue weighted by Gasteiger charge is -2.20. The van der Waals surface area contributed by atoms with E-state index in [9.17, 15) is 15.0 Å². The zero-order valence-corrected chi connectivity index (χ0v) is 11.6. The van der Waals surface area contributed by atoms with Gasteiger partial charge in [0.25, 0.3) is 0 Å². The van der Waals surface area contributed by atoms with Crippen molar-refractivity contribution in [2.45, 2.75) is 31.5 Å². The Morgan fingerprint density at radius 2 is 2.29 bits per heavy atom. The quantitative estimate of drug-likeness (QED) is 0.791. The molecule has 0 aliphatic carbocycles. The molecule has 8 nitrogen and oxygen atoms in total. The fourth-order valence-corrected chi connectivity index (χ4v) is 2.58. The topological polar surface area (TPSA) is 107 Å². The van der Waals surface area contributed by atoms with Crippen molar-refractivity contribution >= 4 is 11.1 Å². The summed E-state index contributed by atoms with van der Waals surface area (Å²) in [7, 11) is 1.41. The van der Waals surface area contributed by atoms with E-state index in [1.165, 1.54) is 11.7 Å². The number of hydrogen-bond donors (Lipinski definition) is 2. The van der Waals surface area contributed by atoms with Crippen LogP contribution in [0, 0.1) is 6.92 Å². The van der Waals surface area contributed by atoms with Crippen molar-refractivity contribution in [2.75, 3.05) is 13.7 Å². The average Bonchev–Trinajstić information content (AvgIpc) is 2.96. The molecule has 0 spiro atoms. The van der Waals surface area contributed by atoms with Crippen LogP contribution in [-0.4, -0.2) is 51.8 Å². The number of ether oxygens (including phenoxy) is 2. The number of aryl methyl sites for hydroxylation is 1. The van der Waals surface area contributed by atoms with Gasteiger partial charge in [0.1, 0.15) is 24.1 Å². The summed E-state index contributed by atoms with van der Waals surface area (Å²) in [6.45, 7) is 1.39. The first-order valence-electron chi connectivity index (χ1n) is 6.51. The second-order valence-electron chi connectivity index (χ2n) is 4.99. The van der Waals surface area contributed by atoms with Gasteiger partial charge in [-0.05, 0) is 13.0 Å². The molecular formula is C13H16N2O6. The second kappa shape index (κ2) is 5.23. The zero-order chi connectivity index (χ0) is 15.1. The molecule has 1 saturated heterocycles. The number of furan rings is 1. The van der Waals surface area contributed by atoms with Gasteiger partial charge in [-0.2, -0.15) is 4.98 Å². The van der Waals surface area contributed by atoms with E-state index < -0.39 is 30.2 Å². The van der Waals surface area contributed by atoms with Crippen LogP contribution in [0.25, 0.3) is 11.1 Å². The zero-order valence-electron chi connectivity index (χ0n) is 11.6. The molecule has 0 amide bonds. The maximum Gasteiger partial charge on any atom is 0.353 e. The summed E-state index contributed by atoms with van der Waals surface area (Å²) in [4.78, 5) is 16.0. The molecule has 1 aliphatic rings. The number of rotatable bonds is 3. The van der Waals surface area contributed by atoms with Gasteiger partial charge in [-0.3, -0.25) is 4.57 Å². The van der Waals surface area contributed by atoms with Gasteiger partial charge in [-0.1, -0.05) is 0 Å². The third-order valence-corrected chi connectivity index (χ3v) is 3.60. The van der Waals surface area contributed by atoms with Crippen molar-refractivity contribution < 1.29 is 24.1 Å². The van der Waals surface area contributed by atoms with Crippen molar-refractivity contribution in [2.24, 2.45) is 0 Å². The predicted molar refractivity (Wildman–Crippen MR) is 70.8 cm³/mol. The molecule has 0 unspecified atom stereocenters. The molecule has 2 aromatic rings. The Morgan fingerprint density at radius 3 is 2.95 bits per heavy atom. The number of hydrogen-bond acceptors (Lipinski definition) is 7. The molecule has 8 heteroatoms. The summed E-state index contributed by atoms with van der Waals surface area (Å²) in [6.07, 6.45) is -1.93. The van der Waals surface area contributed by atoms with Crippen molar-refractivity contribution in [1.82, 2.24) is 9.55 Å². The van der Waals surface area contributed by atoms with Gasteiger partial charge in [-0.15, -0.1) is 0 Å². The summed E-state index contributed by atoms with van der Waals surface area (Å²) in [6, 6.07) is 1.75. The predicted octanol–water partition coefficient (Wildman–Crippen LogP) is -0.436. The smallest absolute Gasteiger partial charge is 0.353 e. The molecule has 3 heterocycles. The van der Waals surface area contributed by atoms with Crippen LogP contribution in [0.4, 0.5) is 0 Å². The van der Waals surface area contributed by atoms with Crippen LogP contribution in [0.15, 0.2) is 21.5 Å². The first-order chi connectivity index (χ1) is 10.0. The third-order valence-electron chi connectivity index (χ3n) is 3.60. The molecule has 0 aromatic carbocycles. The van der Waals surface area contributed by atoms with Gasteiger partial charge >= 0.3 is 5.69 Å². The highest BCUT2D eigenvalue weighted by Gasteiger charge is 2.45. The molecule has 0 bridgehead atoms. The Labute approximate surface area is 119 Å². The van der Waals surface area contributed by atoms with Gasteiger partial charge < -0.3 is 24.1 Å². The number of fused-ring (bicyclic) bond motifs is 1. The summed E-state index contributed by atoms with van der Waals surface area (Å²) < 4.78 is 17.3. The molecule has 4 atom stereocenters. The molecule has 1 fully saturated rings. The highest BCUT2D eigenvalue weighted by atomic mass is 16.6. The van der Waals surface area contributed by atoms with Crippen molar-refractivity contribution in [3.05, 3.63) is 28.5 Å². The van der Waals surface area contributed by atoms with Crippen molar-refractivity contribution in [3.8, 4) is 0 Å². The van der Waals surface area contributed by atoms with Crippen LogP contribution in [-0.2, 0) is 9.47 Å². The van der Waals surface area contributed by atoms with Crippen LogP contribution in [0.2, 0.25) is 0 Å². The minimum atomic E-state index is -1.03. The number of nitrogens with zero attached hydrogens (tertiary/aromatic N) is 2. The molecular weight excluding hydrogens is 280 g/mol. The Bertz CT molecular complexity index is 708. The Hall–Kier alpha value is -1.74. The van der Waals surface area contributed by atoms with Crippen LogP contribution < -0.4 is 5.69 Å². The minimum absolute atomic E-state index is 0.250. The number of aliphatic hydroxyl groups is 2. The van der Waals surface area contributed by atoms with Gasteiger partial charge in [0.05, 0.1) is 12.0 Å². The van der Waals surface area contributed by atoms with E-state index in [1.54, 1.807) is 19.2 Å². The van der Waals surface area contributed by atoms with Crippen molar-refractivity contribution in [1.29, 1.82) is 0 Å². The van der Waals surface area contributed by atoms with E-state index in [-0.39, 0.29) is 12.3 Å². The van der Waals surface area contributed by atoms with E-state index in [2.05, 4.69) is 4.98 Å². The van der Waals surface area contributed by atoms with E-state index >= 15 is 0 Å². The molecule has 2 N–H and O–H groups in total. The first kappa shape index (κ1) is 14.2. The van der Waals surface area contributed by atoms with E-state index in [0.717, 1.165) is 0 Å². The molecule has 114 valence electrons. The van der Waals surface area contributed by atoms with E-state index in [0.29, 0.717) is 11.1 Å². The second-order valence-corrected chi connectivity index (χ2v) is 4.99. The van der Waals surface area contributed by atoms with Crippen molar-refractivity contribution in [3.63, 3.8) is 0 Å². The van der Waals surface area contributed by atoms with Gasteiger partial charge in [0.15, 0.2) is 6.23 Å². The van der Waals surface area contributed by atoms with Gasteiger partial charge in [0, 0.05) is 13.3 Å². The van der Waals surface area contributed by atoms with Crippen LogP contribution >= 0.6 is 0 Å². The van der Waals surface area contributed by atoms with Gasteiger partial charge in [-0.25, -0.2) is 4.79 Å². The first-order valence-corrected chi connectivity index (χ1v) is 6.51. The normalized spacial score (nSPS) is 29.3. The standard InChI is InChI=1S/C13H16N2O6/c1-6-3-7-4-15(13(18)14-11(7)20-6)12-10(19-2)9(17)8(5-16)21-12/h3-4,8-10,12,16-17H,5H2,1-2H3/t8-,9-,10-,12-/m1/s1. The van der Waals surface area contributed by atoms with Crippen LogP contribution in [0.1, 0.15) is 12.0 Å². The monoisotopic (exact) mass is 296 g/mol. The summed E-state index contributed by atoms with van der Waals surface area (Å²) in [5, 5.41) is 19.9. The minimum Gasteiger partial charge on any atom is -0.443 e. The lowest BCUT2D eigenvalue weighted by Crippen LogP contribution is -2.37. The largest absolute Gasteiger partial charge is 0.443 e. The van der Waals surface area contributed by atoms with Crippen LogP contribution in [0.5, 0.6) is 0 Å². The Kier molecular flexibility index (Phi) is 3.54. The summed E-state index contributed by atoms with van der Waals surface area (Å²) in [5.41, 5.74) is -0.324. The van der Waals surface area contributed by atoms with E-state index in [4.69, 9.17) is 13.9 Å². The van der Waals surface area contributed by atoms with E-state index in [1.807, 2.05) is 0 Å². The van der Waals surface area contributed by atoms with Crippen LogP contribution in [0.3, 0.4) is 0 Å². The Morgan fingerprint density at radius 1 is 1.52 bits per heavy atom. The maximum absolute atomic E-state index is 12.1. The molecule has 3 rings (SSSR count). The molecule has 0 saturated carbocycles. The Balaban J connectivity index is 2.06. The summed E-state index contributed by atoms with van der Waals surface area (Å²) >= 11 is 0.